The number of ether oxygens (including phenoxy) is 1. The Hall–Kier alpha value is -1.39. The van der Waals surface area contributed by atoms with E-state index in [9.17, 15) is 0 Å². The fourth-order valence-corrected chi connectivity index (χ4v) is 2.13. The van der Waals surface area contributed by atoms with Crippen LogP contribution in [0, 0.1) is 0 Å². The molecule has 2 aromatic rings. The van der Waals surface area contributed by atoms with Crippen molar-refractivity contribution in [2.45, 2.75) is 26.3 Å². The minimum atomic E-state index is 0.576. The number of para-hydroxylation sites is 2. The Labute approximate surface area is 108 Å². The van der Waals surface area contributed by atoms with Crippen molar-refractivity contribution in [2.75, 3.05) is 19.8 Å². The Morgan fingerprint density at radius 1 is 1.28 bits per heavy atom. The molecule has 0 bridgehead atoms. The Kier molecular flexibility index (Phi) is 4.73. The summed E-state index contributed by atoms with van der Waals surface area (Å²) in [6.07, 6.45) is 2.11. The van der Waals surface area contributed by atoms with Gasteiger partial charge in [-0.25, -0.2) is 4.98 Å². The van der Waals surface area contributed by atoms with E-state index >= 15 is 0 Å². The van der Waals surface area contributed by atoms with Crippen molar-refractivity contribution in [3.8, 4) is 0 Å². The predicted molar refractivity (Wildman–Crippen MR) is 73.6 cm³/mol. The number of hydrogen-bond acceptors (Lipinski definition) is 3. The highest BCUT2D eigenvalue weighted by Gasteiger charge is 2.08. The highest BCUT2D eigenvalue weighted by molar-refractivity contribution is 5.75. The van der Waals surface area contributed by atoms with Crippen LogP contribution in [0.1, 0.15) is 19.2 Å². The molecule has 0 saturated heterocycles. The van der Waals surface area contributed by atoms with Crippen LogP contribution in [-0.4, -0.2) is 29.3 Å². The van der Waals surface area contributed by atoms with E-state index in [1.165, 1.54) is 5.52 Å². The van der Waals surface area contributed by atoms with Crippen molar-refractivity contribution in [3.63, 3.8) is 0 Å². The zero-order valence-electron chi connectivity index (χ0n) is 10.9. The topological polar surface area (TPSA) is 53.1 Å². The first kappa shape index (κ1) is 13.1. The summed E-state index contributed by atoms with van der Waals surface area (Å²) in [6.45, 7) is 4.90. The smallest absolute Gasteiger partial charge is 0.109 e. The quantitative estimate of drug-likeness (QED) is 0.761. The molecule has 98 valence electrons. The first-order valence-corrected chi connectivity index (χ1v) is 6.58. The highest BCUT2D eigenvalue weighted by atomic mass is 16.5. The van der Waals surface area contributed by atoms with E-state index in [1.807, 2.05) is 6.07 Å². The van der Waals surface area contributed by atoms with Gasteiger partial charge in [0.1, 0.15) is 5.82 Å². The number of benzene rings is 1. The van der Waals surface area contributed by atoms with Gasteiger partial charge < -0.3 is 15.0 Å². The van der Waals surface area contributed by atoms with Gasteiger partial charge in [0.05, 0.1) is 24.2 Å². The van der Waals surface area contributed by atoms with Crippen LogP contribution in [0.25, 0.3) is 11.0 Å². The van der Waals surface area contributed by atoms with Crippen molar-refractivity contribution in [1.29, 1.82) is 0 Å². The number of fused-ring (bicyclic) bond motifs is 1. The molecular formula is C14H21N3O. The summed E-state index contributed by atoms with van der Waals surface area (Å²) in [5.41, 5.74) is 7.67. The fraction of sp³-hybridized carbons (Fsp3) is 0.500. The molecule has 0 saturated carbocycles. The van der Waals surface area contributed by atoms with Gasteiger partial charge in [-0.3, -0.25) is 0 Å². The summed E-state index contributed by atoms with van der Waals surface area (Å²) in [5.74, 6) is 1.15. The Bertz CT molecular complexity index is 493. The molecule has 0 radical (unpaired) electrons. The second-order valence-corrected chi connectivity index (χ2v) is 4.32. The van der Waals surface area contributed by atoms with Gasteiger partial charge in [-0.05, 0) is 18.6 Å². The molecule has 0 atom stereocenters. The zero-order chi connectivity index (χ0) is 12.8. The third-order valence-corrected chi connectivity index (χ3v) is 2.93. The molecular weight excluding hydrogens is 226 g/mol. The third-order valence-electron chi connectivity index (χ3n) is 2.93. The largest absolute Gasteiger partial charge is 0.378 e. The second-order valence-electron chi connectivity index (χ2n) is 4.32. The van der Waals surface area contributed by atoms with Crippen LogP contribution in [0.2, 0.25) is 0 Å². The molecule has 0 unspecified atom stereocenters. The lowest BCUT2D eigenvalue weighted by Gasteiger charge is -2.09. The van der Waals surface area contributed by atoms with Gasteiger partial charge in [0.25, 0.3) is 0 Å². The van der Waals surface area contributed by atoms with E-state index in [1.54, 1.807) is 0 Å². The maximum Gasteiger partial charge on any atom is 0.109 e. The molecule has 0 aliphatic carbocycles. The van der Waals surface area contributed by atoms with Crippen LogP contribution >= 0.6 is 0 Å². The minimum Gasteiger partial charge on any atom is -0.378 e. The van der Waals surface area contributed by atoms with E-state index in [0.717, 1.165) is 30.7 Å². The lowest BCUT2D eigenvalue weighted by atomic mass is 10.3. The molecule has 4 nitrogen and oxygen atoms in total. The second kappa shape index (κ2) is 6.52. The molecule has 0 amide bonds. The maximum absolute atomic E-state index is 5.46. The van der Waals surface area contributed by atoms with Gasteiger partial charge in [0, 0.05) is 19.5 Å². The van der Waals surface area contributed by atoms with Crippen molar-refractivity contribution in [2.24, 2.45) is 5.73 Å². The first-order valence-electron chi connectivity index (χ1n) is 6.58. The van der Waals surface area contributed by atoms with Gasteiger partial charge in [-0.15, -0.1) is 0 Å². The van der Waals surface area contributed by atoms with Crippen LogP contribution in [0.4, 0.5) is 0 Å². The average molecular weight is 247 g/mol. The van der Waals surface area contributed by atoms with Gasteiger partial charge in [0.15, 0.2) is 0 Å². The predicted octanol–water partition coefficient (Wildman–Crippen LogP) is 1.96. The standard InChI is InChI=1S/C14H21N3O/c1-2-5-14-16-12-6-3-4-7-13(12)17(14)9-11-18-10-8-15/h3-4,6-7H,2,5,8-11,15H2,1H3. The van der Waals surface area contributed by atoms with E-state index in [-0.39, 0.29) is 0 Å². The van der Waals surface area contributed by atoms with Crippen LogP contribution in [0.5, 0.6) is 0 Å². The van der Waals surface area contributed by atoms with Gasteiger partial charge in [-0.2, -0.15) is 0 Å². The highest BCUT2D eigenvalue weighted by Crippen LogP contribution is 2.16. The lowest BCUT2D eigenvalue weighted by molar-refractivity contribution is 0.133. The van der Waals surface area contributed by atoms with Gasteiger partial charge >= 0.3 is 0 Å². The fourth-order valence-electron chi connectivity index (χ4n) is 2.13. The monoisotopic (exact) mass is 247 g/mol. The van der Waals surface area contributed by atoms with Gasteiger partial charge in [0.2, 0.25) is 0 Å². The summed E-state index contributed by atoms with van der Waals surface area (Å²) < 4.78 is 7.72. The van der Waals surface area contributed by atoms with E-state index in [0.29, 0.717) is 19.8 Å². The van der Waals surface area contributed by atoms with Gasteiger partial charge in [-0.1, -0.05) is 19.1 Å². The number of rotatable bonds is 7. The first-order chi connectivity index (χ1) is 8.86. The zero-order valence-corrected chi connectivity index (χ0v) is 10.9. The summed E-state index contributed by atoms with van der Waals surface area (Å²) in [5, 5.41) is 0. The van der Waals surface area contributed by atoms with Crippen molar-refractivity contribution >= 4 is 11.0 Å². The van der Waals surface area contributed by atoms with Crippen LogP contribution in [0.3, 0.4) is 0 Å². The van der Waals surface area contributed by atoms with Crippen LogP contribution in [-0.2, 0) is 17.7 Å². The average Bonchev–Trinajstić information content (AvgIpc) is 2.73. The summed E-state index contributed by atoms with van der Waals surface area (Å²) in [4.78, 5) is 4.68. The summed E-state index contributed by atoms with van der Waals surface area (Å²) in [6, 6.07) is 8.26. The molecule has 0 aliphatic heterocycles. The number of imidazole rings is 1. The summed E-state index contributed by atoms with van der Waals surface area (Å²) in [7, 11) is 0. The molecule has 0 fully saturated rings. The summed E-state index contributed by atoms with van der Waals surface area (Å²) >= 11 is 0. The van der Waals surface area contributed by atoms with Crippen molar-refractivity contribution in [1.82, 2.24) is 9.55 Å². The van der Waals surface area contributed by atoms with Crippen LogP contribution < -0.4 is 5.73 Å². The number of nitrogens with zero attached hydrogens (tertiary/aromatic N) is 2. The maximum atomic E-state index is 5.46. The van der Waals surface area contributed by atoms with Crippen LogP contribution in [0.15, 0.2) is 24.3 Å². The molecule has 18 heavy (non-hydrogen) atoms. The SMILES string of the molecule is CCCc1nc2ccccc2n1CCOCCN. The lowest BCUT2D eigenvalue weighted by Crippen LogP contribution is -2.13. The molecule has 1 aromatic heterocycles. The van der Waals surface area contributed by atoms with E-state index in [4.69, 9.17) is 10.5 Å². The molecule has 2 N–H and O–H groups in total. The molecule has 2 rings (SSSR count). The number of aryl methyl sites for hydroxylation is 1. The number of hydrogen-bond donors (Lipinski definition) is 1. The van der Waals surface area contributed by atoms with E-state index in [2.05, 4.69) is 34.7 Å². The minimum absolute atomic E-state index is 0.576. The Balaban J connectivity index is 2.19. The molecule has 1 aromatic carbocycles. The molecule has 1 heterocycles. The molecule has 0 spiro atoms. The van der Waals surface area contributed by atoms with E-state index < -0.39 is 0 Å². The Morgan fingerprint density at radius 3 is 2.89 bits per heavy atom. The Morgan fingerprint density at radius 2 is 2.11 bits per heavy atom. The normalized spacial score (nSPS) is 11.2. The van der Waals surface area contributed by atoms with Crippen molar-refractivity contribution in [3.05, 3.63) is 30.1 Å². The van der Waals surface area contributed by atoms with Crippen molar-refractivity contribution < 1.29 is 4.74 Å². The third kappa shape index (κ3) is 2.89. The molecule has 0 aliphatic rings. The molecule has 4 heteroatoms. The number of nitrogens with two attached hydrogens (primary N) is 1. The number of aromatic nitrogens is 2.